The maximum atomic E-state index is 5.48. The molecular weight excluding hydrogens is 190 g/mol. The number of nitrogens with one attached hydrogen (secondary N) is 1. The molecule has 1 aromatic heterocycles. The lowest BCUT2D eigenvalue weighted by Gasteiger charge is -2.04. The van der Waals surface area contributed by atoms with Crippen molar-refractivity contribution in [1.82, 2.24) is 10.2 Å². The standard InChI is InChI=1S/C11H11N3O/c1-12-9-4-6-10(7-5-9)15-11-3-2-8-13-14-11/h2-8,12H,1H3. The zero-order valence-corrected chi connectivity index (χ0v) is 8.34. The minimum absolute atomic E-state index is 0.495. The smallest absolute Gasteiger partial charge is 0.238 e. The van der Waals surface area contributed by atoms with E-state index in [9.17, 15) is 0 Å². The van der Waals surface area contributed by atoms with Crippen LogP contribution in [0.15, 0.2) is 42.6 Å². The van der Waals surface area contributed by atoms with Crippen LogP contribution in [0.25, 0.3) is 0 Å². The molecule has 15 heavy (non-hydrogen) atoms. The quantitative estimate of drug-likeness (QED) is 0.827. The van der Waals surface area contributed by atoms with E-state index in [0.29, 0.717) is 5.88 Å². The SMILES string of the molecule is CNc1ccc(Oc2cccnn2)cc1. The molecule has 2 aromatic rings. The predicted molar refractivity (Wildman–Crippen MR) is 58.1 cm³/mol. The number of hydrogen-bond donors (Lipinski definition) is 1. The predicted octanol–water partition coefficient (Wildman–Crippen LogP) is 2.31. The molecule has 0 saturated heterocycles. The van der Waals surface area contributed by atoms with Crippen molar-refractivity contribution in [3.8, 4) is 11.6 Å². The van der Waals surface area contributed by atoms with Gasteiger partial charge in [-0.15, -0.1) is 5.10 Å². The van der Waals surface area contributed by atoms with E-state index < -0.39 is 0 Å². The first-order valence-electron chi connectivity index (χ1n) is 4.62. The van der Waals surface area contributed by atoms with E-state index in [1.165, 1.54) is 0 Å². The van der Waals surface area contributed by atoms with Gasteiger partial charge in [-0.1, -0.05) is 0 Å². The molecule has 1 N–H and O–H groups in total. The molecule has 1 heterocycles. The van der Waals surface area contributed by atoms with Crippen LogP contribution in [0, 0.1) is 0 Å². The lowest BCUT2D eigenvalue weighted by atomic mass is 10.3. The number of nitrogens with zero attached hydrogens (tertiary/aromatic N) is 2. The molecule has 4 heteroatoms. The summed E-state index contributed by atoms with van der Waals surface area (Å²) in [6.45, 7) is 0. The Labute approximate surface area is 87.9 Å². The molecule has 0 amide bonds. The summed E-state index contributed by atoms with van der Waals surface area (Å²) in [6.07, 6.45) is 1.61. The Bertz CT molecular complexity index is 414. The van der Waals surface area contributed by atoms with Crippen LogP contribution in [0.1, 0.15) is 0 Å². The monoisotopic (exact) mass is 201 g/mol. The Kier molecular flexibility index (Phi) is 2.78. The molecular formula is C11H11N3O. The Morgan fingerprint density at radius 1 is 1.13 bits per heavy atom. The van der Waals surface area contributed by atoms with Crippen molar-refractivity contribution in [2.24, 2.45) is 0 Å². The molecule has 0 spiro atoms. The van der Waals surface area contributed by atoms with Gasteiger partial charge in [0.2, 0.25) is 5.88 Å². The van der Waals surface area contributed by atoms with Gasteiger partial charge in [0.15, 0.2) is 0 Å². The molecule has 0 saturated carbocycles. The highest BCUT2D eigenvalue weighted by Crippen LogP contribution is 2.20. The summed E-state index contributed by atoms with van der Waals surface area (Å²) in [5, 5.41) is 10.6. The second-order valence-corrected chi connectivity index (χ2v) is 2.94. The van der Waals surface area contributed by atoms with Gasteiger partial charge < -0.3 is 10.1 Å². The molecule has 0 aliphatic heterocycles. The summed E-state index contributed by atoms with van der Waals surface area (Å²) < 4.78 is 5.48. The molecule has 0 fully saturated rings. The van der Waals surface area contributed by atoms with Gasteiger partial charge >= 0.3 is 0 Å². The van der Waals surface area contributed by atoms with Gasteiger partial charge in [-0.2, -0.15) is 5.10 Å². The number of ether oxygens (including phenoxy) is 1. The maximum Gasteiger partial charge on any atom is 0.238 e. The molecule has 4 nitrogen and oxygen atoms in total. The zero-order chi connectivity index (χ0) is 10.5. The first-order valence-corrected chi connectivity index (χ1v) is 4.62. The minimum atomic E-state index is 0.495. The summed E-state index contributed by atoms with van der Waals surface area (Å²) in [4.78, 5) is 0. The van der Waals surface area contributed by atoms with Gasteiger partial charge in [0, 0.05) is 25.0 Å². The van der Waals surface area contributed by atoms with E-state index in [-0.39, 0.29) is 0 Å². The summed E-state index contributed by atoms with van der Waals surface area (Å²) in [6, 6.07) is 11.2. The number of benzene rings is 1. The summed E-state index contributed by atoms with van der Waals surface area (Å²) >= 11 is 0. The summed E-state index contributed by atoms with van der Waals surface area (Å²) in [7, 11) is 1.87. The number of rotatable bonds is 3. The minimum Gasteiger partial charge on any atom is -0.438 e. The third-order valence-electron chi connectivity index (χ3n) is 1.91. The van der Waals surface area contributed by atoms with Gasteiger partial charge in [0.1, 0.15) is 5.75 Å². The number of aromatic nitrogens is 2. The third-order valence-corrected chi connectivity index (χ3v) is 1.91. The molecule has 1 aromatic carbocycles. The van der Waals surface area contributed by atoms with E-state index in [2.05, 4.69) is 15.5 Å². The summed E-state index contributed by atoms with van der Waals surface area (Å²) in [5.41, 5.74) is 1.04. The number of anilines is 1. The highest BCUT2D eigenvalue weighted by atomic mass is 16.5. The molecule has 0 radical (unpaired) electrons. The van der Waals surface area contributed by atoms with E-state index in [1.54, 1.807) is 18.3 Å². The molecule has 0 unspecified atom stereocenters. The highest BCUT2D eigenvalue weighted by Gasteiger charge is 1.97. The van der Waals surface area contributed by atoms with Gasteiger partial charge in [-0.05, 0) is 30.3 Å². The van der Waals surface area contributed by atoms with Crippen molar-refractivity contribution in [1.29, 1.82) is 0 Å². The fourth-order valence-electron chi connectivity index (χ4n) is 1.15. The van der Waals surface area contributed by atoms with Crippen molar-refractivity contribution in [3.63, 3.8) is 0 Å². The second-order valence-electron chi connectivity index (χ2n) is 2.94. The normalized spacial score (nSPS) is 9.67. The van der Waals surface area contributed by atoms with Gasteiger partial charge in [-0.25, -0.2) is 0 Å². The first kappa shape index (κ1) is 9.45. The molecule has 0 aliphatic carbocycles. The number of hydrogen-bond acceptors (Lipinski definition) is 4. The largest absolute Gasteiger partial charge is 0.438 e. The van der Waals surface area contributed by atoms with Crippen LogP contribution in [0.4, 0.5) is 5.69 Å². The van der Waals surface area contributed by atoms with Crippen molar-refractivity contribution in [2.75, 3.05) is 12.4 Å². The topological polar surface area (TPSA) is 47.0 Å². The van der Waals surface area contributed by atoms with Crippen LogP contribution in [0.2, 0.25) is 0 Å². The fourth-order valence-corrected chi connectivity index (χ4v) is 1.15. The maximum absolute atomic E-state index is 5.48. The Hall–Kier alpha value is -2.10. The van der Waals surface area contributed by atoms with Crippen molar-refractivity contribution in [3.05, 3.63) is 42.6 Å². The van der Waals surface area contributed by atoms with E-state index in [0.717, 1.165) is 11.4 Å². The zero-order valence-electron chi connectivity index (χ0n) is 8.34. The van der Waals surface area contributed by atoms with Crippen LogP contribution >= 0.6 is 0 Å². The van der Waals surface area contributed by atoms with Crippen molar-refractivity contribution in [2.45, 2.75) is 0 Å². The van der Waals surface area contributed by atoms with Crippen molar-refractivity contribution >= 4 is 5.69 Å². The van der Waals surface area contributed by atoms with Crippen LogP contribution in [-0.4, -0.2) is 17.2 Å². The molecule has 76 valence electrons. The average Bonchev–Trinajstić information content (AvgIpc) is 2.31. The van der Waals surface area contributed by atoms with Crippen LogP contribution < -0.4 is 10.1 Å². The van der Waals surface area contributed by atoms with Crippen LogP contribution in [0.3, 0.4) is 0 Å². The van der Waals surface area contributed by atoms with Gasteiger partial charge in [0.05, 0.1) is 0 Å². The average molecular weight is 201 g/mol. The summed E-state index contributed by atoms with van der Waals surface area (Å²) in [5.74, 6) is 1.24. The highest BCUT2D eigenvalue weighted by molar-refractivity contribution is 5.46. The lowest BCUT2D eigenvalue weighted by Crippen LogP contribution is -1.90. The van der Waals surface area contributed by atoms with E-state index in [1.807, 2.05) is 31.3 Å². The van der Waals surface area contributed by atoms with Gasteiger partial charge in [-0.3, -0.25) is 0 Å². The van der Waals surface area contributed by atoms with Crippen LogP contribution in [0.5, 0.6) is 11.6 Å². The lowest BCUT2D eigenvalue weighted by molar-refractivity contribution is 0.455. The van der Waals surface area contributed by atoms with Crippen LogP contribution in [-0.2, 0) is 0 Å². The first-order chi connectivity index (χ1) is 7.38. The molecule has 0 bridgehead atoms. The Morgan fingerprint density at radius 2 is 1.93 bits per heavy atom. The van der Waals surface area contributed by atoms with Gasteiger partial charge in [0.25, 0.3) is 0 Å². The van der Waals surface area contributed by atoms with Crippen molar-refractivity contribution < 1.29 is 4.74 Å². The fraction of sp³-hybridized carbons (Fsp3) is 0.0909. The van der Waals surface area contributed by atoms with E-state index >= 15 is 0 Å². The third kappa shape index (κ3) is 2.43. The molecule has 2 rings (SSSR count). The van der Waals surface area contributed by atoms with E-state index in [4.69, 9.17) is 4.74 Å². The molecule has 0 atom stereocenters. The Morgan fingerprint density at radius 3 is 2.53 bits per heavy atom. The second kappa shape index (κ2) is 4.41. The molecule has 0 aliphatic rings. The Balaban J connectivity index is 2.11.